The zero-order valence-electron chi connectivity index (χ0n) is 9.95. The van der Waals surface area contributed by atoms with E-state index in [9.17, 15) is 0 Å². The zero-order chi connectivity index (χ0) is 12.4. The Morgan fingerprint density at radius 1 is 1.53 bits per heavy atom. The number of nitrogens with two attached hydrogens (primary N) is 1. The lowest BCUT2D eigenvalue weighted by molar-refractivity contribution is 0.447. The Labute approximate surface area is 113 Å². The molecular formula is C13H17ClN2S. The van der Waals surface area contributed by atoms with E-state index in [0.29, 0.717) is 4.99 Å². The summed E-state index contributed by atoms with van der Waals surface area (Å²) in [5, 5.41) is 0.740. The maximum absolute atomic E-state index is 6.30. The van der Waals surface area contributed by atoms with Gasteiger partial charge in [0.25, 0.3) is 0 Å². The largest absolute Gasteiger partial charge is 0.389 e. The SMILES string of the molecule is CC1CCCN(c2ccc(C(N)=S)cc2Cl)C1. The Hall–Kier alpha value is -0.800. The number of anilines is 1. The van der Waals surface area contributed by atoms with E-state index in [-0.39, 0.29) is 0 Å². The first-order valence-corrected chi connectivity index (χ1v) is 6.71. The Morgan fingerprint density at radius 3 is 2.88 bits per heavy atom. The fourth-order valence-corrected chi connectivity index (χ4v) is 2.75. The topological polar surface area (TPSA) is 29.3 Å². The van der Waals surface area contributed by atoms with Crippen LogP contribution in [0.15, 0.2) is 18.2 Å². The summed E-state index contributed by atoms with van der Waals surface area (Å²) in [7, 11) is 0. The predicted molar refractivity (Wildman–Crippen MR) is 78.0 cm³/mol. The Bertz CT molecular complexity index is 433. The van der Waals surface area contributed by atoms with Crippen LogP contribution >= 0.6 is 23.8 Å². The van der Waals surface area contributed by atoms with Crippen LogP contribution < -0.4 is 10.6 Å². The first kappa shape index (κ1) is 12.7. The number of halogens is 1. The lowest BCUT2D eigenvalue weighted by Crippen LogP contribution is -2.34. The molecule has 1 aromatic rings. The van der Waals surface area contributed by atoms with E-state index in [1.165, 1.54) is 12.8 Å². The van der Waals surface area contributed by atoms with E-state index >= 15 is 0 Å². The van der Waals surface area contributed by atoms with Crippen LogP contribution in [0.4, 0.5) is 5.69 Å². The van der Waals surface area contributed by atoms with Crippen LogP contribution in [0.1, 0.15) is 25.3 Å². The van der Waals surface area contributed by atoms with Gasteiger partial charge in [0.1, 0.15) is 4.99 Å². The smallest absolute Gasteiger partial charge is 0.104 e. The van der Waals surface area contributed by atoms with E-state index in [4.69, 9.17) is 29.6 Å². The molecule has 1 saturated heterocycles. The van der Waals surface area contributed by atoms with Crippen LogP contribution in [0.5, 0.6) is 0 Å². The average Bonchev–Trinajstić information content (AvgIpc) is 2.28. The van der Waals surface area contributed by atoms with Crippen molar-refractivity contribution >= 4 is 34.5 Å². The molecule has 1 aliphatic heterocycles. The maximum Gasteiger partial charge on any atom is 0.104 e. The van der Waals surface area contributed by atoms with Crippen molar-refractivity contribution in [2.75, 3.05) is 18.0 Å². The highest BCUT2D eigenvalue weighted by Gasteiger charge is 2.18. The molecular weight excluding hydrogens is 252 g/mol. The normalized spacial score (nSPS) is 20.4. The summed E-state index contributed by atoms with van der Waals surface area (Å²) < 4.78 is 0. The van der Waals surface area contributed by atoms with Crippen molar-refractivity contribution in [3.8, 4) is 0 Å². The summed E-state index contributed by atoms with van der Waals surface area (Å²) in [6.07, 6.45) is 2.54. The summed E-state index contributed by atoms with van der Waals surface area (Å²) >= 11 is 11.2. The maximum atomic E-state index is 6.30. The molecule has 17 heavy (non-hydrogen) atoms. The molecule has 0 bridgehead atoms. The Kier molecular flexibility index (Phi) is 3.89. The molecule has 92 valence electrons. The highest BCUT2D eigenvalue weighted by molar-refractivity contribution is 7.80. The van der Waals surface area contributed by atoms with Gasteiger partial charge in [0.05, 0.1) is 10.7 Å². The van der Waals surface area contributed by atoms with E-state index in [1.54, 1.807) is 0 Å². The molecule has 0 aliphatic carbocycles. The molecule has 1 aromatic carbocycles. The van der Waals surface area contributed by atoms with Crippen molar-refractivity contribution in [2.24, 2.45) is 11.7 Å². The first-order chi connectivity index (χ1) is 8.08. The molecule has 2 N–H and O–H groups in total. The summed E-state index contributed by atoms with van der Waals surface area (Å²) in [5.74, 6) is 0.732. The van der Waals surface area contributed by atoms with Crippen LogP contribution in [-0.4, -0.2) is 18.1 Å². The van der Waals surface area contributed by atoms with Crippen molar-refractivity contribution in [3.63, 3.8) is 0 Å². The van der Waals surface area contributed by atoms with E-state index in [0.717, 1.165) is 35.3 Å². The third-order valence-corrected chi connectivity index (χ3v) is 3.77. The fraction of sp³-hybridized carbons (Fsp3) is 0.462. The minimum atomic E-state index is 0.394. The van der Waals surface area contributed by atoms with Crippen LogP contribution in [0, 0.1) is 5.92 Å². The second kappa shape index (κ2) is 5.23. The quantitative estimate of drug-likeness (QED) is 0.836. The van der Waals surface area contributed by atoms with Crippen molar-refractivity contribution in [1.82, 2.24) is 0 Å². The highest BCUT2D eigenvalue weighted by Crippen LogP contribution is 2.30. The van der Waals surface area contributed by atoms with Gasteiger partial charge in [0.15, 0.2) is 0 Å². The number of hydrogen-bond acceptors (Lipinski definition) is 2. The van der Waals surface area contributed by atoms with Crippen LogP contribution in [-0.2, 0) is 0 Å². The van der Waals surface area contributed by atoms with Gasteiger partial charge in [-0.1, -0.05) is 30.7 Å². The number of hydrogen-bond donors (Lipinski definition) is 1. The summed E-state index contributed by atoms with van der Waals surface area (Å²) in [6.45, 7) is 4.44. The minimum Gasteiger partial charge on any atom is -0.389 e. The van der Waals surface area contributed by atoms with E-state index in [2.05, 4.69) is 11.8 Å². The van der Waals surface area contributed by atoms with Gasteiger partial charge in [-0.2, -0.15) is 0 Å². The molecule has 1 heterocycles. The summed E-state index contributed by atoms with van der Waals surface area (Å²) in [5.41, 5.74) is 7.52. The zero-order valence-corrected chi connectivity index (χ0v) is 11.5. The number of benzene rings is 1. The molecule has 1 atom stereocenters. The molecule has 2 rings (SSSR count). The van der Waals surface area contributed by atoms with Crippen LogP contribution in [0.3, 0.4) is 0 Å². The number of rotatable bonds is 2. The fourth-order valence-electron chi connectivity index (χ4n) is 2.32. The molecule has 1 aliphatic rings. The van der Waals surface area contributed by atoms with Crippen LogP contribution in [0.2, 0.25) is 5.02 Å². The lowest BCUT2D eigenvalue weighted by Gasteiger charge is -2.33. The molecule has 0 amide bonds. The molecule has 2 nitrogen and oxygen atoms in total. The van der Waals surface area contributed by atoms with E-state index < -0.39 is 0 Å². The second-order valence-corrected chi connectivity index (χ2v) is 5.57. The van der Waals surface area contributed by atoms with Crippen molar-refractivity contribution < 1.29 is 0 Å². The lowest BCUT2D eigenvalue weighted by atomic mass is 9.99. The highest BCUT2D eigenvalue weighted by atomic mass is 35.5. The standard InChI is InChI=1S/C13H17ClN2S/c1-9-3-2-6-16(8-9)12-5-4-10(13(15)17)7-11(12)14/h4-5,7,9H,2-3,6,8H2,1H3,(H2,15,17). The van der Waals surface area contributed by atoms with Gasteiger partial charge in [0, 0.05) is 18.7 Å². The number of thiocarbonyl (C=S) groups is 1. The molecule has 0 aromatic heterocycles. The molecule has 1 unspecified atom stereocenters. The van der Waals surface area contributed by atoms with Gasteiger partial charge in [-0.05, 0) is 37.0 Å². The molecule has 0 spiro atoms. The van der Waals surface area contributed by atoms with Gasteiger partial charge in [-0.25, -0.2) is 0 Å². The third kappa shape index (κ3) is 2.90. The molecule has 1 fully saturated rings. The summed E-state index contributed by atoms with van der Waals surface area (Å²) in [6, 6.07) is 5.83. The number of piperidine rings is 1. The van der Waals surface area contributed by atoms with Crippen molar-refractivity contribution in [1.29, 1.82) is 0 Å². The van der Waals surface area contributed by atoms with Gasteiger partial charge < -0.3 is 10.6 Å². The first-order valence-electron chi connectivity index (χ1n) is 5.92. The van der Waals surface area contributed by atoms with E-state index in [1.807, 2.05) is 18.2 Å². The summed E-state index contributed by atoms with van der Waals surface area (Å²) in [4.78, 5) is 2.74. The average molecular weight is 269 g/mol. The van der Waals surface area contributed by atoms with Gasteiger partial charge in [-0.15, -0.1) is 0 Å². The van der Waals surface area contributed by atoms with Crippen molar-refractivity contribution in [3.05, 3.63) is 28.8 Å². The number of nitrogens with zero attached hydrogens (tertiary/aromatic N) is 1. The Morgan fingerprint density at radius 2 is 2.29 bits per heavy atom. The predicted octanol–water partition coefficient (Wildman–Crippen LogP) is 3.21. The van der Waals surface area contributed by atoms with Gasteiger partial charge in [0.2, 0.25) is 0 Å². The molecule has 0 saturated carbocycles. The molecule has 4 heteroatoms. The third-order valence-electron chi connectivity index (χ3n) is 3.23. The van der Waals surface area contributed by atoms with Gasteiger partial charge in [-0.3, -0.25) is 0 Å². The van der Waals surface area contributed by atoms with Crippen LogP contribution in [0.25, 0.3) is 0 Å². The second-order valence-electron chi connectivity index (χ2n) is 4.72. The van der Waals surface area contributed by atoms with Gasteiger partial charge >= 0.3 is 0 Å². The monoisotopic (exact) mass is 268 g/mol. The molecule has 0 radical (unpaired) electrons. The minimum absolute atomic E-state index is 0.394. The Balaban J connectivity index is 2.23. The van der Waals surface area contributed by atoms with Crippen molar-refractivity contribution in [2.45, 2.75) is 19.8 Å².